The Hall–Kier alpha value is -1.56. The minimum atomic E-state index is -1.48. The van der Waals surface area contributed by atoms with Gasteiger partial charge in [-0.25, -0.2) is 14.0 Å². The first-order valence-corrected chi connectivity index (χ1v) is 6.65. The van der Waals surface area contributed by atoms with Crippen molar-refractivity contribution in [2.24, 2.45) is 4.99 Å². The molecular formula is C11H14N2O3S. The van der Waals surface area contributed by atoms with Crippen LogP contribution in [-0.4, -0.2) is 44.4 Å². The molecule has 0 N–H and O–H groups in total. The van der Waals surface area contributed by atoms with Crippen molar-refractivity contribution in [2.75, 3.05) is 13.2 Å². The van der Waals surface area contributed by atoms with Gasteiger partial charge in [-0.3, -0.25) is 0 Å². The summed E-state index contributed by atoms with van der Waals surface area (Å²) in [5.41, 5.74) is 1.05. The predicted molar refractivity (Wildman–Crippen MR) is 68.4 cm³/mol. The second-order valence-electron chi connectivity index (χ2n) is 3.64. The van der Waals surface area contributed by atoms with Gasteiger partial charge in [0.15, 0.2) is 0 Å². The Kier molecular flexibility index (Phi) is 3.33. The SMILES string of the molecule is CCOC(=O)C1=S(=O)=C2N=CC(CC)=CN2C1. The third kappa shape index (κ3) is 2.12. The molecule has 0 aromatic rings. The molecule has 0 aromatic heterocycles. The minimum absolute atomic E-state index is 0.271. The van der Waals surface area contributed by atoms with E-state index in [1.54, 1.807) is 18.0 Å². The summed E-state index contributed by atoms with van der Waals surface area (Å²) in [5, 5.41) is 0.422. The first-order valence-electron chi connectivity index (χ1n) is 5.50. The topological polar surface area (TPSA) is 59.0 Å². The fourth-order valence-electron chi connectivity index (χ4n) is 1.63. The summed E-state index contributed by atoms with van der Waals surface area (Å²) >= 11 is 0. The van der Waals surface area contributed by atoms with E-state index in [-0.39, 0.29) is 11.5 Å². The Morgan fingerprint density at radius 2 is 2.35 bits per heavy atom. The molecule has 5 nitrogen and oxygen atoms in total. The smallest absolute Gasteiger partial charge is 0.348 e. The molecule has 6 heteroatoms. The van der Waals surface area contributed by atoms with E-state index in [1.165, 1.54) is 0 Å². The Morgan fingerprint density at radius 3 is 3.00 bits per heavy atom. The second kappa shape index (κ2) is 4.75. The number of carbonyl (C=O) groups is 1. The molecule has 0 saturated heterocycles. The number of hydrogen-bond acceptors (Lipinski definition) is 5. The van der Waals surface area contributed by atoms with Gasteiger partial charge in [0.25, 0.3) is 0 Å². The molecule has 0 amide bonds. The lowest BCUT2D eigenvalue weighted by Gasteiger charge is -2.18. The van der Waals surface area contributed by atoms with Crippen LogP contribution in [0.25, 0.3) is 0 Å². The zero-order valence-corrected chi connectivity index (χ0v) is 10.6. The van der Waals surface area contributed by atoms with Crippen LogP contribution in [0.1, 0.15) is 20.3 Å². The maximum atomic E-state index is 12.0. The van der Waals surface area contributed by atoms with Crippen molar-refractivity contribution < 1.29 is 13.7 Å². The Balaban J connectivity index is 2.33. The lowest BCUT2D eigenvalue weighted by atomic mass is 10.2. The second-order valence-corrected chi connectivity index (χ2v) is 5.03. The lowest BCUT2D eigenvalue weighted by molar-refractivity contribution is -0.134. The highest BCUT2D eigenvalue weighted by molar-refractivity contribution is 7.86. The molecule has 2 aliphatic heterocycles. The molecular weight excluding hydrogens is 240 g/mol. The molecule has 2 heterocycles. The summed E-state index contributed by atoms with van der Waals surface area (Å²) < 4.78 is 16.9. The molecule has 0 radical (unpaired) electrons. The van der Waals surface area contributed by atoms with E-state index >= 15 is 0 Å². The summed E-state index contributed by atoms with van der Waals surface area (Å²) in [6.07, 6.45) is 4.43. The van der Waals surface area contributed by atoms with Crippen molar-refractivity contribution in [3.8, 4) is 0 Å². The van der Waals surface area contributed by atoms with Gasteiger partial charge in [-0.2, -0.15) is 0 Å². The average Bonchev–Trinajstić information content (AvgIpc) is 2.66. The van der Waals surface area contributed by atoms with E-state index in [9.17, 15) is 9.00 Å². The molecule has 0 bridgehead atoms. The highest BCUT2D eigenvalue weighted by Gasteiger charge is 2.27. The first-order chi connectivity index (χ1) is 8.17. The third-order valence-electron chi connectivity index (χ3n) is 2.52. The van der Waals surface area contributed by atoms with Crippen LogP contribution < -0.4 is 0 Å². The van der Waals surface area contributed by atoms with Crippen molar-refractivity contribution >= 4 is 32.1 Å². The number of carbonyl (C=O) groups excluding carboxylic acids is 1. The summed E-state index contributed by atoms with van der Waals surface area (Å²) in [6, 6.07) is 0. The van der Waals surface area contributed by atoms with Gasteiger partial charge in [-0.05, 0) is 18.9 Å². The van der Waals surface area contributed by atoms with Gasteiger partial charge < -0.3 is 9.64 Å². The molecule has 0 atom stereocenters. The molecule has 0 aliphatic carbocycles. The lowest BCUT2D eigenvalue weighted by Crippen LogP contribution is -2.30. The van der Waals surface area contributed by atoms with E-state index in [2.05, 4.69) is 4.99 Å². The normalized spacial score (nSPS) is 18.4. The minimum Gasteiger partial charge on any atom is -0.462 e. The maximum Gasteiger partial charge on any atom is 0.348 e. The van der Waals surface area contributed by atoms with Crippen LogP contribution in [0.4, 0.5) is 0 Å². The van der Waals surface area contributed by atoms with Crippen LogP contribution in [0.2, 0.25) is 0 Å². The first kappa shape index (κ1) is 11.9. The summed E-state index contributed by atoms with van der Waals surface area (Å²) in [7, 11) is -1.48. The Bertz CT molecular complexity index is 557. The van der Waals surface area contributed by atoms with Crippen LogP contribution in [0.3, 0.4) is 0 Å². The zero-order chi connectivity index (χ0) is 12.4. The van der Waals surface area contributed by atoms with Gasteiger partial charge in [-0.15, -0.1) is 0 Å². The van der Waals surface area contributed by atoms with Crippen molar-refractivity contribution in [2.45, 2.75) is 20.3 Å². The molecule has 0 fully saturated rings. The molecule has 2 aliphatic rings. The van der Waals surface area contributed by atoms with Crippen molar-refractivity contribution in [3.05, 3.63) is 11.8 Å². The van der Waals surface area contributed by atoms with Crippen molar-refractivity contribution in [1.82, 2.24) is 4.90 Å². The number of hydrogen-bond donors (Lipinski definition) is 0. The predicted octanol–water partition coefficient (Wildman–Crippen LogP) is 0.252. The van der Waals surface area contributed by atoms with E-state index in [0.29, 0.717) is 11.7 Å². The molecule has 92 valence electrons. The molecule has 0 spiro atoms. The van der Waals surface area contributed by atoms with Gasteiger partial charge in [0.2, 0.25) is 5.11 Å². The summed E-state index contributed by atoms with van der Waals surface area (Å²) in [4.78, 5) is 17.7. The van der Waals surface area contributed by atoms with Gasteiger partial charge in [-0.1, -0.05) is 6.92 Å². The van der Waals surface area contributed by atoms with Gasteiger partial charge in [0.05, 0.1) is 23.1 Å². The van der Waals surface area contributed by atoms with E-state index in [1.807, 2.05) is 13.1 Å². The number of rotatable bonds is 3. The van der Waals surface area contributed by atoms with Gasteiger partial charge >= 0.3 is 5.97 Å². The van der Waals surface area contributed by atoms with Crippen LogP contribution in [0, 0.1) is 0 Å². The highest BCUT2D eigenvalue weighted by atomic mass is 32.1. The van der Waals surface area contributed by atoms with Crippen LogP contribution in [0.5, 0.6) is 0 Å². The van der Waals surface area contributed by atoms with Crippen LogP contribution >= 0.6 is 0 Å². The van der Waals surface area contributed by atoms with Crippen LogP contribution in [-0.2, 0) is 19.5 Å². The van der Waals surface area contributed by atoms with Crippen LogP contribution in [0.15, 0.2) is 16.8 Å². The van der Waals surface area contributed by atoms with Gasteiger partial charge in [0.1, 0.15) is 4.86 Å². The van der Waals surface area contributed by atoms with Crippen molar-refractivity contribution in [3.63, 3.8) is 0 Å². The highest BCUT2D eigenvalue weighted by Crippen LogP contribution is 2.12. The van der Waals surface area contributed by atoms with E-state index < -0.39 is 15.9 Å². The fourth-order valence-corrected chi connectivity index (χ4v) is 2.79. The molecule has 17 heavy (non-hydrogen) atoms. The maximum absolute atomic E-state index is 12.0. The van der Waals surface area contributed by atoms with E-state index in [0.717, 1.165) is 12.0 Å². The zero-order valence-electron chi connectivity index (χ0n) is 9.80. The number of nitrogens with zero attached hydrogens (tertiary/aromatic N) is 2. The number of aliphatic imine (C=N–C) groups is 1. The van der Waals surface area contributed by atoms with Gasteiger partial charge in [0, 0.05) is 12.4 Å². The quantitative estimate of drug-likeness (QED) is 0.535. The standard InChI is InChI=1S/C11H14N2O3S/c1-3-8-5-12-11-13(6-8)7-9(17(11)15)10(14)16-4-2/h5-6H,3-4,7H2,1-2H3. The summed E-state index contributed by atoms with van der Waals surface area (Å²) in [6.45, 7) is 4.34. The average molecular weight is 254 g/mol. The largest absolute Gasteiger partial charge is 0.462 e. The van der Waals surface area contributed by atoms with Crippen molar-refractivity contribution in [1.29, 1.82) is 0 Å². The number of esters is 1. The number of fused-ring (bicyclic) bond motifs is 1. The molecule has 0 aromatic carbocycles. The molecule has 0 saturated carbocycles. The summed E-state index contributed by atoms with van der Waals surface area (Å²) in [5.74, 6) is -0.491. The molecule has 2 rings (SSSR count). The fraction of sp³-hybridized carbons (Fsp3) is 0.455. The number of allylic oxidation sites excluding steroid dienone is 1. The Morgan fingerprint density at radius 1 is 1.59 bits per heavy atom. The molecule has 0 unspecified atom stereocenters. The van der Waals surface area contributed by atoms with E-state index in [4.69, 9.17) is 4.74 Å². The third-order valence-corrected chi connectivity index (χ3v) is 3.94. The monoisotopic (exact) mass is 254 g/mol. The number of ether oxygens (including phenoxy) is 1. The Labute approximate surface area is 101 Å².